The molecule has 0 amide bonds. The highest BCUT2D eigenvalue weighted by Crippen LogP contribution is 2.78. The molecule has 2 spiro atoms. The number of rotatable bonds is 5. The summed E-state index contributed by atoms with van der Waals surface area (Å²) in [6, 6.07) is 1.72. The Morgan fingerprint density at radius 3 is 2.43 bits per heavy atom. The lowest BCUT2D eigenvalue weighted by Crippen LogP contribution is -2.75. The molecule has 1 aromatic rings. The highest BCUT2D eigenvalue weighted by atomic mass is 16.7. The van der Waals surface area contributed by atoms with Crippen LogP contribution in [0.3, 0.4) is 0 Å². The molecule has 5 heterocycles. The monoisotopic (exact) mass is 650 g/mol. The van der Waals surface area contributed by atoms with Crippen molar-refractivity contribution in [3.8, 4) is 0 Å². The minimum absolute atomic E-state index is 0.165. The molecule has 14 nitrogen and oxygen atoms in total. The van der Waals surface area contributed by atoms with Crippen LogP contribution in [0.1, 0.15) is 65.0 Å². The van der Waals surface area contributed by atoms with Gasteiger partial charge in [-0.25, -0.2) is 4.79 Å². The number of hydrogen-bond donors (Lipinski definition) is 5. The fourth-order valence-electron chi connectivity index (χ4n) is 10.3. The fraction of sp³-hybridized carbons (Fsp3) is 0.781. The average molecular weight is 651 g/mol. The predicted octanol–water partition coefficient (Wildman–Crippen LogP) is -0.0840. The van der Waals surface area contributed by atoms with Crippen LogP contribution < -0.4 is 0 Å². The molecule has 1 aromatic heterocycles. The topological polar surface area (TPSA) is 215 Å². The van der Waals surface area contributed by atoms with Crippen molar-refractivity contribution < 1.29 is 68.0 Å². The van der Waals surface area contributed by atoms with E-state index in [4.69, 9.17) is 28.1 Å². The first-order valence-electron chi connectivity index (χ1n) is 15.9. The van der Waals surface area contributed by atoms with Gasteiger partial charge in [-0.2, -0.15) is 0 Å². The van der Waals surface area contributed by atoms with Gasteiger partial charge < -0.3 is 53.6 Å². The van der Waals surface area contributed by atoms with Crippen molar-refractivity contribution in [1.29, 1.82) is 0 Å². The summed E-state index contributed by atoms with van der Waals surface area (Å²) in [5.74, 6) is -2.93. The molecule has 6 fully saturated rings. The summed E-state index contributed by atoms with van der Waals surface area (Å²) in [5.41, 5.74) is -5.65. The molecular formula is C32H42O14. The third-order valence-electron chi connectivity index (χ3n) is 12.5. The normalized spacial score (nSPS) is 50.2. The molecule has 6 aliphatic rings. The van der Waals surface area contributed by atoms with Crippen molar-refractivity contribution >= 4 is 17.7 Å². The molecule has 14 atom stereocenters. The minimum Gasteiger partial charge on any atom is -0.472 e. The van der Waals surface area contributed by atoms with Crippen LogP contribution in [0.2, 0.25) is 0 Å². The van der Waals surface area contributed by atoms with Gasteiger partial charge in [-0.05, 0) is 45.6 Å². The Kier molecular flexibility index (Phi) is 7.19. The van der Waals surface area contributed by atoms with E-state index < -0.39 is 107 Å². The molecule has 4 aliphatic heterocycles. The van der Waals surface area contributed by atoms with E-state index in [1.807, 2.05) is 6.92 Å². The Morgan fingerprint density at radius 1 is 1.04 bits per heavy atom. The van der Waals surface area contributed by atoms with E-state index in [0.717, 1.165) is 0 Å². The summed E-state index contributed by atoms with van der Waals surface area (Å²) in [7, 11) is 0. The maximum atomic E-state index is 14.7. The van der Waals surface area contributed by atoms with Gasteiger partial charge in [-0.15, -0.1) is 0 Å². The van der Waals surface area contributed by atoms with Gasteiger partial charge in [0, 0.05) is 28.7 Å². The van der Waals surface area contributed by atoms with Gasteiger partial charge >= 0.3 is 11.9 Å². The van der Waals surface area contributed by atoms with E-state index in [0.29, 0.717) is 18.4 Å². The second-order valence-electron chi connectivity index (χ2n) is 15.0. The van der Waals surface area contributed by atoms with E-state index >= 15 is 0 Å². The van der Waals surface area contributed by atoms with E-state index in [-0.39, 0.29) is 25.2 Å². The van der Waals surface area contributed by atoms with Crippen molar-refractivity contribution in [1.82, 2.24) is 0 Å². The Bertz CT molecular complexity index is 1400. The van der Waals surface area contributed by atoms with Gasteiger partial charge in [0.1, 0.15) is 48.5 Å². The molecule has 14 unspecified atom stereocenters. The third-order valence-corrected chi connectivity index (χ3v) is 12.5. The number of hydrogen-bond acceptors (Lipinski definition) is 14. The summed E-state index contributed by atoms with van der Waals surface area (Å²) >= 11 is 0. The van der Waals surface area contributed by atoms with E-state index in [1.165, 1.54) is 12.5 Å². The number of epoxide rings is 1. The van der Waals surface area contributed by atoms with Crippen molar-refractivity contribution in [3.05, 3.63) is 24.2 Å². The SMILES string of the molecule is CC(C)(O)C1CC(=O)C2(C)C(CCC3(C)C(c4ccoc4)OC(=O)C4OC432)C12COC(=O)CC2OC1OC(CO)C(O)C(O)C1O. The number of carbonyl (C=O) groups excluding carboxylic acids is 3. The summed E-state index contributed by atoms with van der Waals surface area (Å²) in [6.07, 6.45) is -7.59. The number of ether oxygens (including phenoxy) is 5. The maximum Gasteiger partial charge on any atom is 0.339 e. The summed E-state index contributed by atoms with van der Waals surface area (Å²) in [6.45, 7) is 5.95. The van der Waals surface area contributed by atoms with Crippen molar-refractivity contribution in [2.24, 2.45) is 28.1 Å². The van der Waals surface area contributed by atoms with E-state index in [9.17, 15) is 39.9 Å². The zero-order valence-electron chi connectivity index (χ0n) is 26.2. The summed E-state index contributed by atoms with van der Waals surface area (Å²) in [4.78, 5) is 41.0. The second kappa shape index (κ2) is 10.3. The molecular weight excluding hydrogens is 608 g/mol. The number of aliphatic hydroxyl groups is 5. The fourth-order valence-corrected chi connectivity index (χ4v) is 10.3. The van der Waals surface area contributed by atoms with Crippen LogP contribution in [0.5, 0.6) is 0 Å². The number of carbonyl (C=O) groups is 3. The smallest absolute Gasteiger partial charge is 0.339 e. The molecule has 0 aromatic carbocycles. The molecule has 46 heavy (non-hydrogen) atoms. The second-order valence-corrected chi connectivity index (χ2v) is 15.0. The molecule has 5 N–H and O–H groups in total. The lowest BCUT2D eigenvalue weighted by molar-refractivity contribution is -0.341. The van der Waals surface area contributed by atoms with Crippen LogP contribution in [-0.4, -0.2) is 111 Å². The molecule has 14 heteroatoms. The lowest BCUT2D eigenvalue weighted by atomic mass is 9.36. The Balaban J connectivity index is 1.36. The molecule has 2 aliphatic carbocycles. The molecule has 2 saturated carbocycles. The predicted molar refractivity (Wildman–Crippen MR) is 150 cm³/mol. The zero-order valence-corrected chi connectivity index (χ0v) is 26.2. The molecule has 254 valence electrons. The number of furan rings is 1. The Labute approximate surface area is 264 Å². The third kappa shape index (κ3) is 3.95. The number of esters is 2. The average Bonchev–Trinajstić information content (AvgIpc) is 3.57. The van der Waals surface area contributed by atoms with Gasteiger partial charge in [0.15, 0.2) is 12.4 Å². The summed E-state index contributed by atoms with van der Waals surface area (Å²) in [5, 5.41) is 53.2. The standard InChI is InChI=1S/C32H42O14/c1-28(2,40)17-9-18(34)30(4)16(5-7-29(3)24(14-6-8-41-12-14)45-26(39)25-32(29,30)46-25)31(17)13-42-20(35)10-19(31)44-27-23(38)22(37)21(36)15(11-33)43-27/h6,8,12,15-17,19,21-25,27,33,36-38,40H,5,7,9-11,13H2,1-4H3. The number of Topliss-reactive ketones (excluding diaryl/α,β-unsaturated/α-hetero) is 1. The first-order valence-corrected chi connectivity index (χ1v) is 15.9. The first kappa shape index (κ1) is 32.1. The highest BCUT2D eigenvalue weighted by Gasteiger charge is 2.89. The Morgan fingerprint density at radius 2 is 1.78 bits per heavy atom. The van der Waals surface area contributed by atoms with Crippen LogP contribution in [0, 0.1) is 28.1 Å². The maximum absolute atomic E-state index is 14.7. The van der Waals surface area contributed by atoms with Crippen molar-refractivity contribution in [3.63, 3.8) is 0 Å². The molecule has 0 radical (unpaired) electrons. The van der Waals surface area contributed by atoms with Gasteiger partial charge in [-0.1, -0.05) is 6.92 Å². The van der Waals surface area contributed by atoms with Crippen molar-refractivity contribution in [2.45, 2.75) is 114 Å². The van der Waals surface area contributed by atoms with Crippen LogP contribution in [0.25, 0.3) is 0 Å². The quantitative estimate of drug-likeness (QED) is 0.208. The molecule has 7 rings (SSSR count). The number of ketones is 1. The van der Waals surface area contributed by atoms with Gasteiger partial charge in [0.25, 0.3) is 0 Å². The van der Waals surface area contributed by atoms with Crippen LogP contribution in [0.4, 0.5) is 0 Å². The highest BCUT2D eigenvalue weighted by molar-refractivity contribution is 5.93. The first-order chi connectivity index (χ1) is 21.6. The van der Waals surface area contributed by atoms with Crippen LogP contribution >= 0.6 is 0 Å². The molecule has 0 bridgehead atoms. The zero-order chi connectivity index (χ0) is 33.2. The number of fused-ring (bicyclic) bond motifs is 2. The lowest BCUT2D eigenvalue weighted by Gasteiger charge is -2.67. The van der Waals surface area contributed by atoms with Crippen LogP contribution in [0.15, 0.2) is 23.0 Å². The number of aliphatic hydroxyl groups excluding tert-OH is 4. The molecule has 4 saturated heterocycles. The largest absolute Gasteiger partial charge is 0.472 e. The van der Waals surface area contributed by atoms with Crippen molar-refractivity contribution in [2.75, 3.05) is 13.2 Å². The Hall–Kier alpha value is -2.43. The van der Waals surface area contributed by atoms with E-state index in [1.54, 1.807) is 26.8 Å². The minimum atomic E-state index is -1.75. The van der Waals surface area contributed by atoms with Gasteiger partial charge in [-0.3, -0.25) is 9.59 Å². The number of cyclic esters (lactones) is 2. The van der Waals surface area contributed by atoms with E-state index in [2.05, 4.69) is 0 Å². The van der Waals surface area contributed by atoms with Gasteiger partial charge in [0.05, 0.1) is 42.7 Å². The van der Waals surface area contributed by atoms with Crippen LogP contribution in [-0.2, 0) is 38.1 Å². The van der Waals surface area contributed by atoms with Gasteiger partial charge in [0.2, 0.25) is 0 Å². The summed E-state index contributed by atoms with van der Waals surface area (Å²) < 4.78 is 35.5.